The normalized spacial score (nSPS) is 18.1. The second-order valence-electron chi connectivity index (χ2n) is 8.55. The quantitative estimate of drug-likeness (QED) is 0.487. The highest BCUT2D eigenvalue weighted by Crippen LogP contribution is 2.39. The molecule has 5 rings (SSSR count). The molecule has 178 valence electrons. The molecule has 0 saturated heterocycles. The number of benzene rings is 2. The van der Waals surface area contributed by atoms with Crippen molar-refractivity contribution in [1.82, 2.24) is 9.21 Å². The van der Waals surface area contributed by atoms with Gasteiger partial charge in [-0.3, -0.25) is 4.79 Å². The van der Waals surface area contributed by atoms with Crippen LogP contribution in [0, 0.1) is 5.82 Å². The molecule has 1 unspecified atom stereocenters. The zero-order valence-electron chi connectivity index (χ0n) is 18.7. The maximum Gasteiger partial charge on any atom is 0.243 e. The van der Waals surface area contributed by atoms with Crippen LogP contribution in [0.2, 0.25) is 0 Å². The lowest BCUT2D eigenvalue weighted by Crippen LogP contribution is -2.47. The Hall–Kier alpha value is -2.75. The van der Waals surface area contributed by atoms with E-state index in [0.717, 1.165) is 35.4 Å². The molecule has 0 spiro atoms. The van der Waals surface area contributed by atoms with Crippen molar-refractivity contribution in [3.63, 3.8) is 0 Å². The molecule has 3 aromatic rings. The molecule has 1 aromatic heterocycles. The van der Waals surface area contributed by atoms with Crippen LogP contribution >= 0.6 is 11.3 Å². The van der Waals surface area contributed by atoms with Crippen LogP contribution in [-0.4, -0.2) is 49.8 Å². The molecule has 1 aliphatic heterocycles. The lowest BCUT2D eigenvalue weighted by Gasteiger charge is -2.37. The second kappa shape index (κ2) is 9.13. The number of ether oxygens (including phenoxy) is 1. The summed E-state index contributed by atoms with van der Waals surface area (Å²) >= 11 is 1.68. The van der Waals surface area contributed by atoms with E-state index in [2.05, 4.69) is 0 Å². The molecule has 2 heterocycles. The summed E-state index contributed by atoms with van der Waals surface area (Å²) in [5, 5.41) is 2.03. The second-order valence-corrected chi connectivity index (χ2v) is 11.4. The fourth-order valence-corrected chi connectivity index (χ4v) is 7.01. The zero-order chi connectivity index (χ0) is 23.9. The van der Waals surface area contributed by atoms with Crippen LogP contribution in [-0.2, 0) is 21.2 Å². The molecule has 1 aliphatic carbocycles. The van der Waals surface area contributed by atoms with E-state index < -0.39 is 15.8 Å². The summed E-state index contributed by atoms with van der Waals surface area (Å²) in [6, 6.07) is 13.9. The zero-order valence-corrected chi connectivity index (χ0v) is 20.3. The van der Waals surface area contributed by atoms with E-state index >= 15 is 0 Å². The van der Waals surface area contributed by atoms with Gasteiger partial charge in [0.25, 0.3) is 0 Å². The minimum atomic E-state index is -3.92. The molecule has 0 N–H and O–H groups in total. The van der Waals surface area contributed by atoms with Gasteiger partial charge in [-0.1, -0.05) is 12.1 Å². The lowest BCUT2D eigenvalue weighted by atomic mass is 9.93. The summed E-state index contributed by atoms with van der Waals surface area (Å²) in [5.74, 6) is -0.0150. The number of sulfonamides is 1. The summed E-state index contributed by atoms with van der Waals surface area (Å²) < 4.78 is 46.6. The Bertz CT molecular complexity index is 1290. The monoisotopic (exact) mass is 500 g/mol. The van der Waals surface area contributed by atoms with Gasteiger partial charge in [0.1, 0.15) is 11.6 Å². The van der Waals surface area contributed by atoms with Crippen molar-refractivity contribution >= 4 is 27.3 Å². The number of nitrogens with zero attached hydrogens (tertiary/aromatic N) is 2. The van der Waals surface area contributed by atoms with Gasteiger partial charge in [0.2, 0.25) is 15.9 Å². The highest BCUT2D eigenvalue weighted by molar-refractivity contribution is 7.89. The summed E-state index contributed by atoms with van der Waals surface area (Å²) in [4.78, 5) is 16.7. The molecule has 2 aliphatic rings. The Morgan fingerprint density at radius 2 is 1.82 bits per heavy atom. The summed E-state index contributed by atoms with van der Waals surface area (Å²) in [7, 11) is -2.32. The first-order chi connectivity index (χ1) is 16.4. The SMILES string of the molecule is COc1ccc(C2c3ccsc3CCN2C(=O)CN(C2CC2)S(=O)(=O)c2ccc(F)cc2)cc1. The average molecular weight is 501 g/mol. The number of methoxy groups -OCH3 is 1. The van der Waals surface area contributed by atoms with Gasteiger partial charge >= 0.3 is 0 Å². The first-order valence-corrected chi connectivity index (χ1v) is 13.5. The minimum Gasteiger partial charge on any atom is -0.497 e. The Morgan fingerprint density at radius 3 is 2.47 bits per heavy atom. The number of fused-ring (bicyclic) bond motifs is 1. The van der Waals surface area contributed by atoms with E-state index in [1.54, 1.807) is 23.3 Å². The Morgan fingerprint density at radius 1 is 1.12 bits per heavy atom. The average Bonchev–Trinajstić information content (AvgIpc) is 3.57. The van der Waals surface area contributed by atoms with Crippen molar-refractivity contribution in [2.45, 2.75) is 36.2 Å². The summed E-state index contributed by atoms with van der Waals surface area (Å²) in [6.07, 6.45) is 2.16. The van der Waals surface area contributed by atoms with Gasteiger partial charge in [0.15, 0.2) is 0 Å². The van der Waals surface area contributed by atoms with Crippen molar-refractivity contribution in [2.24, 2.45) is 0 Å². The topological polar surface area (TPSA) is 66.9 Å². The number of halogens is 1. The molecule has 9 heteroatoms. The first-order valence-electron chi connectivity index (χ1n) is 11.2. The summed E-state index contributed by atoms with van der Waals surface area (Å²) in [5.41, 5.74) is 2.03. The van der Waals surface area contributed by atoms with Crippen LogP contribution in [0.15, 0.2) is 64.9 Å². The Labute approximate surface area is 202 Å². The number of carbonyl (C=O) groups excluding carboxylic acids is 1. The molecule has 1 amide bonds. The van der Waals surface area contributed by atoms with Gasteiger partial charge in [-0.05, 0) is 78.2 Å². The maximum atomic E-state index is 13.6. The van der Waals surface area contributed by atoms with E-state index in [4.69, 9.17) is 4.74 Å². The molecule has 6 nitrogen and oxygen atoms in total. The van der Waals surface area contributed by atoms with Crippen LogP contribution in [0.1, 0.15) is 34.9 Å². The van der Waals surface area contributed by atoms with E-state index in [-0.39, 0.29) is 29.4 Å². The smallest absolute Gasteiger partial charge is 0.243 e. The minimum absolute atomic E-state index is 0.000862. The van der Waals surface area contributed by atoms with Crippen LogP contribution in [0.3, 0.4) is 0 Å². The van der Waals surface area contributed by atoms with Gasteiger partial charge in [-0.25, -0.2) is 12.8 Å². The largest absolute Gasteiger partial charge is 0.497 e. The third-order valence-corrected chi connectivity index (χ3v) is 9.29. The van der Waals surface area contributed by atoms with E-state index in [1.165, 1.54) is 21.3 Å². The number of hydrogen-bond acceptors (Lipinski definition) is 5. The molecule has 34 heavy (non-hydrogen) atoms. The van der Waals surface area contributed by atoms with Gasteiger partial charge < -0.3 is 9.64 Å². The number of thiophene rings is 1. The molecular weight excluding hydrogens is 475 g/mol. The van der Waals surface area contributed by atoms with E-state index in [9.17, 15) is 17.6 Å². The molecule has 1 saturated carbocycles. The van der Waals surface area contributed by atoms with Crippen LogP contribution in [0.25, 0.3) is 0 Å². The van der Waals surface area contributed by atoms with Crippen molar-refractivity contribution in [3.8, 4) is 5.75 Å². The predicted molar refractivity (Wildman–Crippen MR) is 128 cm³/mol. The highest BCUT2D eigenvalue weighted by Gasteiger charge is 2.41. The van der Waals surface area contributed by atoms with Gasteiger partial charge in [0.05, 0.1) is 24.6 Å². The fourth-order valence-electron chi connectivity index (χ4n) is 4.47. The van der Waals surface area contributed by atoms with Crippen LogP contribution in [0.4, 0.5) is 4.39 Å². The molecular formula is C25H25FN2O4S2. The highest BCUT2D eigenvalue weighted by atomic mass is 32.2. The first kappa shape index (κ1) is 23.0. The molecule has 0 radical (unpaired) electrons. The van der Waals surface area contributed by atoms with Crippen molar-refractivity contribution in [1.29, 1.82) is 0 Å². The number of hydrogen-bond donors (Lipinski definition) is 0. The van der Waals surface area contributed by atoms with Crippen LogP contribution < -0.4 is 4.74 Å². The fraction of sp³-hybridized carbons (Fsp3) is 0.320. The Balaban J connectivity index is 1.45. The van der Waals surface area contributed by atoms with Gasteiger partial charge in [-0.2, -0.15) is 4.31 Å². The predicted octanol–water partition coefficient (Wildman–Crippen LogP) is 4.22. The van der Waals surface area contributed by atoms with E-state index in [0.29, 0.717) is 19.4 Å². The van der Waals surface area contributed by atoms with Gasteiger partial charge in [0, 0.05) is 17.5 Å². The molecule has 2 aromatic carbocycles. The third kappa shape index (κ3) is 4.35. The third-order valence-electron chi connectivity index (χ3n) is 6.38. The van der Waals surface area contributed by atoms with Gasteiger partial charge in [-0.15, -0.1) is 11.3 Å². The lowest BCUT2D eigenvalue weighted by molar-refractivity contribution is -0.133. The molecule has 1 atom stereocenters. The number of carbonyl (C=O) groups is 1. The van der Waals surface area contributed by atoms with Crippen molar-refractivity contribution in [2.75, 3.05) is 20.2 Å². The van der Waals surface area contributed by atoms with Crippen LogP contribution in [0.5, 0.6) is 5.75 Å². The molecule has 1 fully saturated rings. The summed E-state index contributed by atoms with van der Waals surface area (Å²) in [6.45, 7) is 0.272. The van der Waals surface area contributed by atoms with Crippen molar-refractivity contribution in [3.05, 3.63) is 81.8 Å². The Kier molecular flexibility index (Phi) is 6.18. The number of amides is 1. The standard InChI is InChI=1S/C25H25FN2O4S2/c1-32-20-8-2-17(3-9-20)25-22-13-15-33-23(22)12-14-27(25)24(29)16-28(19-6-7-19)34(30,31)21-10-4-18(26)5-11-21/h2-5,8-11,13,15,19,25H,6-7,12,14,16H2,1H3. The van der Waals surface area contributed by atoms with Crippen molar-refractivity contribution < 1.29 is 22.3 Å². The van der Waals surface area contributed by atoms with E-state index in [1.807, 2.05) is 35.7 Å². The molecule has 0 bridgehead atoms. The number of rotatable bonds is 7. The maximum absolute atomic E-state index is 13.6.